The van der Waals surface area contributed by atoms with Crippen molar-refractivity contribution in [2.24, 2.45) is 0 Å². The van der Waals surface area contributed by atoms with Crippen molar-refractivity contribution in [1.29, 1.82) is 5.26 Å². The fraction of sp³-hybridized carbons (Fsp3) is 0.333. The summed E-state index contributed by atoms with van der Waals surface area (Å²) in [7, 11) is 3.07. The highest BCUT2D eigenvalue weighted by Gasteiger charge is 2.30. The molecule has 0 spiro atoms. The molecule has 2 heterocycles. The summed E-state index contributed by atoms with van der Waals surface area (Å²) in [6, 6.07) is 7.03. The Balaban J connectivity index is 1.71. The lowest BCUT2D eigenvalue weighted by Crippen LogP contribution is -2.31. The number of nitriles is 1. The van der Waals surface area contributed by atoms with Crippen LogP contribution in [0.5, 0.6) is 17.4 Å². The van der Waals surface area contributed by atoms with Crippen molar-refractivity contribution in [3.05, 3.63) is 41.9 Å². The van der Waals surface area contributed by atoms with Crippen molar-refractivity contribution >= 4 is 5.91 Å². The third-order valence-electron chi connectivity index (χ3n) is 4.12. The number of benzene rings is 1. The fourth-order valence-corrected chi connectivity index (χ4v) is 2.80. The van der Waals surface area contributed by atoms with Gasteiger partial charge in [-0.25, -0.2) is 9.97 Å². The Labute approximate surface area is 150 Å². The fourth-order valence-electron chi connectivity index (χ4n) is 2.80. The molecule has 0 saturated carbocycles. The van der Waals surface area contributed by atoms with Crippen LogP contribution in [0.1, 0.15) is 22.5 Å². The van der Waals surface area contributed by atoms with Crippen molar-refractivity contribution in [3.8, 4) is 23.4 Å². The van der Waals surface area contributed by atoms with Gasteiger partial charge in [0.2, 0.25) is 5.69 Å². The van der Waals surface area contributed by atoms with Gasteiger partial charge >= 0.3 is 0 Å². The first kappa shape index (κ1) is 17.5. The van der Waals surface area contributed by atoms with E-state index in [0.717, 1.165) is 0 Å². The lowest BCUT2D eigenvalue weighted by molar-refractivity contribution is 0.0767. The van der Waals surface area contributed by atoms with Crippen LogP contribution in [-0.2, 0) is 0 Å². The van der Waals surface area contributed by atoms with Crippen LogP contribution in [0.3, 0.4) is 0 Å². The third kappa shape index (κ3) is 3.52. The van der Waals surface area contributed by atoms with E-state index in [1.54, 1.807) is 30.2 Å². The summed E-state index contributed by atoms with van der Waals surface area (Å²) in [6.45, 7) is 0.941. The molecule has 8 nitrogen and oxygen atoms in total. The number of nitrogens with zero attached hydrogens (tertiary/aromatic N) is 4. The second-order valence-corrected chi connectivity index (χ2v) is 5.67. The topological polar surface area (TPSA) is 97.6 Å². The first-order valence-corrected chi connectivity index (χ1v) is 8.05. The van der Waals surface area contributed by atoms with Crippen LogP contribution in [-0.4, -0.2) is 54.2 Å². The number of rotatable bonds is 5. The molecule has 0 bridgehead atoms. The molecule has 8 heteroatoms. The maximum atomic E-state index is 12.8. The van der Waals surface area contributed by atoms with Gasteiger partial charge in [0.1, 0.15) is 23.7 Å². The average Bonchev–Trinajstić information content (AvgIpc) is 3.15. The second-order valence-electron chi connectivity index (χ2n) is 5.67. The van der Waals surface area contributed by atoms with Gasteiger partial charge < -0.3 is 19.1 Å². The zero-order chi connectivity index (χ0) is 18.5. The molecule has 1 aromatic carbocycles. The standard InChI is InChI=1S/C18H18N4O4/c1-24-12-3-4-14(16(9-12)25-2)18(23)22-8-5-13(11-22)26-17-15(10-19)20-6-7-21-17/h3-4,6-7,9,13H,5,8,11H2,1-2H3. The SMILES string of the molecule is COc1ccc(C(=O)N2CCC(Oc3nccnc3C#N)C2)c(OC)c1. The van der Waals surface area contributed by atoms with Crippen molar-refractivity contribution in [1.82, 2.24) is 14.9 Å². The Morgan fingerprint density at radius 3 is 2.81 bits per heavy atom. The van der Waals surface area contributed by atoms with E-state index in [4.69, 9.17) is 19.5 Å². The van der Waals surface area contributed by atoms with E-state index in [1.807, 2.05) is 6.07 Å². The summed E-state index contributed by atoms with van der Waals surface area (Å²) < 4.78 is 16.2. The van der Waals surface area contributed by atoms with Crippen molar-refractivity contribution in [3.63, 3.8) is 0 Å². The van der Waals surface area contributed by atoms with E-state index in [9.17, 15) is 4.79 Å². The molecule has 1 atom stereocenters. The average molecular weight is 354 g/mol. The van der Waals surface area contributed by atoms with E-state index >= 15 is 0 Å². The second kappa shape index (κ2) is 7.70. The molecule has 2 aromatic rings. The maximum absolute atomic E-state index is 12.8. The number of carbonyl (C=O) groups excluding carboxylic acids is 1. The van der Waals surface area contributed by atoms with Crippen LogP contribution in [0, 0.1) is 11.3 Å². The summed E-state index contributed by atoms with van der Waals surface area (Å²) in [5.41, 5.74) is 0.597. The van der Waals surface area contributed by atoms with Crippen LogP contribution >= 0.6 is 0 Å². The molecule has 134 valence electrons. The zero-order valence-corrected chi connectivity index (χ0v) is 14.5. The van der Waals surface area contributed by atoms with E-state index in [2.05, 4.69) is 9.97 Å². The highest BCUT2D eigenvalue weighted by molar-refractivity contribution is 5.97. The molecule has 1 fully saturated rings. The Kier molecular flexibility index (Phi) is 5.17. The van der Waals surface area contributed by atoms with E-state index in [1.165, 1.54) is 19.5 Å². The predicted octanol–water partition coefficient (Wildman–Crippen LogP) is 1.66. The van der Waals surface area contributed by atoms with Crippen LogP contribution in [0.15, 0.2) is 30.6 Å². The van der Waals surface area contributed by atoms with Gasteiger partial charge in [-0.3, -0.25) is 4.79 Å². The molecule has 0 radical (unpaired) electrons. The van der Waals surface area contributed by atoms with Gasteiger partial charge in [0.15, 0.2) is 0 Å². The van der Waals surface area contributed by atoms with Gasteiger partial charge in [0.25, 0.3) is 11.8 Å². The number of likely N-dealkylation sites (tertiary alicyclic amines) is 1. The van der Waals surface area contributed by atoms with Crippen molar-refractivity contribution in [2.75, 3.05) is 27.3 Å². The minimum absolute atomic E-state index is 0.133. The highest BCUT2D eigenvalue weighted by Crippen LogP contribution is 2.27. The highest BCUT2D eigenvalue weighted by atomic mass is 16.5. The summed E-state index contributed by atoms with van der Waals surface area (Å²) in [5, 5.41) is 9.06. The number of methoxy groups -OCH3 is 2. The maximum Gasteiger partial charge on any atom is 0.257 e. The minimum atomic E-state index is -0.244. The summed E-state index contributed by atoms with van der Waals surface area (Å²) in [6.07, 6.45) is 3.31. The lowest BCUT2D eigenvalue weighted by atomic mass is 10.1. The van der Waals surface area contributed by atoms with E-state index in [0.29, 0.717) is 36.6 Å². The van der Waals surface area contributed by atoms with Gasteiger partial charge in [-0.1, -0.05) is 0 Å². The largest absolute Gasteiger partial charge is 0.497 e. The first-order chi connectivity index (χ1) is 12.7. The smallest absolute Gasteiger partial charge is 0.257 e. The lowest BCUT2D eigenvalue weighted by Gasteiger charge is -2.19. The summed E-state index contributed by atoms with van der Waals surface area (Å²) in [5.74, 6) is 1.12. The molecular formula is C18H18N4O4. The molecule has 3 rings (SSSR count). The molecule has 0 aliphatic carbocycles. The van der Waals surface area contributed by atoms with Gasteiger partial charge in [0, 0.05) is 31.4 Å². The molecule has 26 heavy (non-hydrogen) atoms. The Bertz CT molecular complexity index is 849. The van der Waals surface area contributed by atoms with Crippen LogP contribution in [0.25, 0.3) is 0 Å². The number of carbonyl (C=O) groups is 1. The van der Waals surface area contributed by atoms with Gasteiger partial charge in [-0.15, -0.1) is 0 Å². The minimum Gasteiger partial charge on any atom is -0.497 e. The molecule has 1 saturated heterocycles. The van der Waals surface area contributed by atoms with Crippen LogP contribution in [0.4, 0.5) is 0 Å². The Morgan fingerprint density at radius 1 is 1.27 bits per heavy atom. The van der Waals surface area contributed by atoms with Crippen LogP contribution in [0.2, 0.25) is 0 Å². The molecular weight excluding hydrogens is 336 g/mol. The number of hydrogen-bond acceptors (Lipinski definition) is 7. The molecule has 1 unspecified atom stereocenters. The van der Waals surface area contributed by atoms with Crippen molar-refractivity contribution < 1.29 is 19.0 Å². The first-order valence-electron chi connectivity index (χ1n) is 8.05. The van der Waals surface area contributed by atoms with E-state index < -0.39 is 0 Å². The van der Waals surface area contributed by atoms with E-state index in [-0.39, 0.29) is 23.6 Å². The zero-order valence-electron chi connectivity index (χ0n) is 14.5. The Morgan fingerprint density at radius 2 is 2.08 bits per heavy atom. The normalized spacial score (nSPS) is 16.0. The summed E-state index contributed by atoms with van der Waals surface area (Å²) in [4.78, 5) is 22.5. The molecule has 1 aliphatic rings. The van der Waals surface area contributed by atoms with Gasteiger partial charge in [0.05, 0.1) is 26.3 Å². The Hall–Kier alpha value is -3.34. The summed E-state index contributed by atoms with van der Waals surface area (Å²) >= 11 is 0. The number of amides is 1. The third-order valence-corrected chi connectivity index (χ3v) is 4.12. The van der Waals surface area contributed by atoms with Gasteiger partial charge in [-0.2, -0.15) is 5.26 Å². The molecule has 1 aromatic heterocycles. The molecule has 0 N–H and O–H groups in total. The van der Waals surface area contributed by atoms with Crippen LogP contribution < -0.4 is 14.2 Å². The number of hydrogen-bond donors (Lipinski definition) is 0. The quantitative estimate of drug-likeness (QED) is 0.805. The van der Waals surface area contributed by atoms with Gasteiger partial charge in [-0.05, 0) is 12.1 Å². The van der Waals surface area contributed by atoms with Crippen molar-refractivity contribution in [2.45, 2.75) is 12.5 Å². The number of ether oxygens (including phenoxy) is 3. The molecule has 1 amide bonds. The predicted molar refractivity (Wildman–Crippen MR) is 91.2 cm³/mol. The molecule has 1 aliphatic heterocycles. The monoisotopic (exact) mass is 354 g/mol. The number of aromatic nitrogens is 2.